The molecule has 0 radical (unpaired) electrons. The number of benzene rings is 2. The lowest BCUT2D eigenvalue weighted by molar-refractivity contribution is -0.152. The first-order chi connectivity index (χ1) is 12.8. The molecule has 2 aromatic rings. The van der Waals surface area contributed by atoms with Gasteiger partial charge in [0.1, 0.15) is 11.5 Å². The molecule has 0 saturated carbocycles. The second-order valence-corrected chi connectivity index (χ2v) is 6.24. The summed E-state index contributed by atoms with van der Waals surface area (Å²) < 4.78 is 15.7. The van der Waals surface area contributed by atoms with Crippen LogP contribution in [-0.4, -0.2) is 32.2 Å². The van der Waals surface area contributed by atoms with E-state index in [1.54, 1.807) is 32.2 Å². The van der Waals surface area contributed by atoms with Crippen molar-refractivity contribution in [2.75, 3.05) is 19.5 Å². The van der Waals surface area contributed by atoms with E-state index in [0.29, 0.717) is 17.1 Å². The summed E-state index contributed by atoms with van der Waals surface area (Å²) in [5.74, 6) is 0.273. The Kier molecular flexibility index (Phi) is 6.82. The fraction of sp³-hybridized carbons (Fsp3) is 0.333. The Morgan fingerprint density at radius 1 is 1.04 bits per heavy atom. The van der Waals surface area contributed by atoms with Gasteiger partial charge < -0.3 is 19.5 Å². The van der Waals surface area contributed by atoms with Crippen LogP contribution in [-0.2, 0) is 20.7 Å². The number of methoxy groups -OCH3 is 2. The maximum Gasteiger partial charge on any atom is 0.311 e. The summed E-state index contributed by atoms with van der Waals surface area (Å²) in [6, 6.07) is 10.9. The molecule has 0 unspecified atom stereocenters. The minimum atomic E-state index is -0.916. The molecule has 144 valence electrons. The number of rotatable bonds is 7. The lowest BCUT2D eigenvalue weighted by Crippen LogP contribution is -2.31. The van der Waals surface area contributed by atoms with Crippen LogP contribution in [0.25, 0.3) is 0 Å². The second kappa shape index (κ2) is 9.07. The average Bonchev–Trinajstić information content (AvgIpc) is 2.64. The van der Waals surface area contributed by atoms with Gasteiger partial charge in [-0.2, -0.15) is 0 Å². The molecule has 2 rings (SSSR count). The van der Waals surface area contributed by atoms with Gasteiger partial charge in [0.2, 0.25) is 0 Å². The second-order valence-electron chi connectivity index (χ2n) is 6.24. The minimum Gasteiger partial charge on any atom is -0.497 e. The maximum absolute atomic E-state index is 12.4. The molecule has 0 aromatic heterocycles. The van der Waals surface area contributed by atoms with E-state index in [0.717, 1.165) is 16.8 Å². The van der Waals surface area contributed by atoms with Crippen molar-refractivity contribution in [1.82, 2.24) is 0 Å². The van der Waals surface area contributed by atoms with Crippen LogP contribution in [0.2, 0.25) is 0 Å². The van der Waals surface area contributed by atoms with Crippen LogP contribution >= 0.6 is 0 Å². The quantitative estimate of drug-likeness (QED) is 0.755. The highest BCUT2D eigenvalue weighted by atomic mass is 16.5. The molecule has 1 N–H and O–H groups in total. The number of ether oxygens (including phenoxy) is 3. The molecule has 27 heavy (non-hydrogen) atoms. The fourth-order valence-corrected chi connectivity index (χ4v) is 2.68. The molecule has 0 heterocycles. The van der Waals surface area contributed by atoms with E-state index >= 15 is 0 Å². The van der Waals surface area contributed by atoms with E-state index in [1.807, 2.05) is 32.0 Å². The largest absolute Gasteiger partial charge is 0.497 e. The molecule has 0 fully saturated rings. The topological polar surface area (TPSA) is 73.9 Å². The van der Waals surface area contributed by atoms with Gasteiger partial charge in [0.25, 0.3) is 5.91 Å². The molecular weight excluding hydrogens is 346 g/mol. The van der Waals surface area contributed by atoms with Crippen LogP contribution in [0.1, 0.15) is 23.6 Å². The summed E-state index contributed by atoms with van der Waals surface area (Å²) in [5, 5.41) is 2.83. The molecule has 6 nitrogen and oxygen atoms in total. The van der Waals surface area contributed by atoms with Gasteiger partial charge in [-0.15, -0.1) is 0 Å². The highest BCUT2D eigenvalue weighted by Crippen LogP contribution is 2.25. The summed E-state index contributed by atoms with van der Waals surface area (Å²) in [5.41, 5.74) is 3.29. The lowest BCUT2D eigenvalue weighted by Gasteiger charge is -2.16. The summed E-state index contributed by atoms with van der Waals surface area (Å²) >= 11 is 0. The van der Waals surface area contributed by atoms with Gasteiger partial charge in [0.15, 0.2) is 6.10 Å². The smallest absolute Gasteiger partial charge is 0.311 e. The normalized spacial score (nSPS) is 11.4. The molecule has 0 aliphatic heterocycles. The Hall–Kier alpha value is -3.02. The van der Waals surface area contributed by atoms with Crippen molar-refractivity contribution >= 4 is 17.6 Å². The van der Waals surface area contributed by atoms with Crippen molar-refractivity contribution in [1.29, 1.82) is 0 Å². The van der Waals surface area contributed by atoms with Gasteiger partial charge in [0.05, 0.1) is 20.6 Å². The SMILES string of the molecule is COc1ccc(CC(=O)O[C@@H](C)C(=O)Nc2c(C)cccc2C)c(OC)c1. The molecular formula is C21H25NO5. The van der Waals surface area contributed by atoms with E-state index in [4.69, 9.17) is 14.2 Å². The predicted molar refractivity (Wildman–Crippen MR) is 103 cm³/mol. The lowest BCUT2D eigenvalue weighted by atomic mass is 10.1. The van der Waals surface area contributed by atoms with Gasteiger partial charge in [-0.3, -0.25) is 9.59 Å². The van der Waals surface area contributed by atoms with Crippen LogP contribution in [0.5, 0.6) is 11.5 Å². The molecule has 0 saturated heterocycles. The zero-order chi connectivity index (χ0) is 20.0. The molecule has 6 heteroatoms. The van der Waals surface area contributed by atoms with Gasteiger partial charge >= 0.3 is 5.97 Å². The van der Waals surface area contributed by atoms with E-state index in [1.165, 1.54) is 7.11 Å². The van der Waals surface area contributed by atoms with Gasteiger partial charge in [-0.25, -0.2) is 0 Å². The average molecular weight is 371 g/mol. The fourth-order valence-electron chi connectivity index (χ4n) is 2.68. The Balaban J connectivity index is 2.00. The van der Waals surface area contributed by atoms with Crippen LogP contribution in [0.15, 0.2) is 36.4 Å². The molecule has 0 bridgehead atoms. The number of hydrogen-bond acceptors (Lipinski definition) is 5. The van der Waals surface area contributed by atoms with Crippen LogP contribution in [0.3, 0.4) is 0 Å². The number of anilines is 1. The summed E-state index contributed by atoms with van der Waals surface area (Å²) in [4.78, 5) is 24.6. The maximum atomic E-state index is 12.4. The van der Waals surface area contributed by atoms with Crippen molar-refractivity contribution in [3.8, 4) is 11.5 Å². The third-order valence-corrected chi connectivity index (χ3v) is 4.24. The van der Waals surface area contributed by atoms with Gasteiger partial charge in [-0.1, -0.05) is 24.3 Å². The number of amides is 1. The zero-order valence-corrected chi connectivity index (χ0v) is 16.3. The first kappa shape index (κ1) is 20.3. The Morgan fingerprint density at radius 2 is 1.70 bits per heavy atom. The van der Waals surface area contributed by atoms with E-state index < -0.39 is 12.1 Å². The number of carbonyl (C=O) groups is 2. The van der Waals surface area contributed by atoms with Crippen molar-refractivity contribution < 1.29 is 23.8 Å². The van der Waals surface area contributed by atoms with Gasteiger partial charge in [-0.05, 0) is 38.0 Å². The summed E-state index contributed by atoms with van der Waals surface area (Å²) in [6.45, 7) is 5.37. The molecule has 1 amide bonds. The highest BCUT2D eigenvalue weighted by molar-refractivity contribution is 5.96. The van der Waals surface area contributed by atoms with Crippen molar-refractivity contribution in [2.24, 2.45) is 0 Å². The molecule has 1 atom stereocenters. The Morgan fingerprint density at radius 3 is 2.30 bits per heavy atom. The van der Waals surface area contributed by atoms with E-state index in [2.05, 4.69) is 5.32 Å². The minimum absolute atomic E-state index is 0.00577. The van der Waals surface area contributed by atoms with Crippen molar-refractivity contribution in [3.05, 3.63) is 53.1 Å². The van der Waals surface area contributed by atoms with Gasteiger partial charge in [0, 0.05) is 17.3 Å². The number of aryl methyl sites for hydroxylation is 2. The third kappa shape index (κ3) is 5.23. The Bertz CT molecular complexity index is 811. The number of nitrogens with one attached hydrogen (secondary N) is 1. The van der Waals surface area contributed by atoms with E-state index in [-0.39, 0.29) is 12.3 Å². The molecule has 0 spiro atoms. The van der Waals surface area contributed by atoms with Crippen molar-refractivity contribution in [2.45, 2.75) is 33.3 Å². The highest BCUT2D eigenvalue weighted by Gasteiger charge is 2.20. The standard InChI is InChI=1S/C21H25NO5/c1-13-7-6-8-14(2)20(13)22-21(24)15(3)27-19(23)11-16-9-10-17(25-4)12-18(16)26-5/h6-10,12,15H,11H2,1-5H3,(H,22,24)/t15-/m0/s1. The molecule has 2 aromatic carbocycles. The zero-order valence-electron chi connectivity index (χ0n) is 16.3. The van der Waals surface area contributed by atoms with Crippen LogP contribution in [0.4, 0.5) is 5.69 Å². The van der Waals surface area contributed by atoms with Crippen molar-refractivity contribution in [3.63, 3.8) is 0 Å². The van der Waals surface area contributed by atoms with Crippen LogP contribution in [0, 0.1) is 13.8 Å². The van der Waals surface area contributed by atoms with Crippen LogP contribution < -0.4 is 14.8 Å². The first-order valence-electron chi connectivity index (χ1n) is 8.63. The predicted octanol–water partition coefficient (Wildman–Crippen LogP) is 3.43. The first-order valence-corrected chi connectivity index (χ1v) is 8.63. The molecule has 0 aliphatic carbocycles. The number of esters is 1. The third-order valence-electron chi connectivity index (χ3n) is 4.24. The Labute approximate surface area is 159 Å². The summed E-state index contributed by atoms with van der Waals surface area (Å²) in [6.07, 6.45) is -0.922. The molecule has 0 aliphatic rings. The number of carbonyl (C=O) groups excluding carboxylic acids is 2. The summed E-state index contributed by atoms with van der Waals surface area (Å²) in [7, 11) is 3.07. The monoisotopic (exact) mass is 371 g/mol. The number of hydrogen-bond donors (Lipinski definition) is 1. The van der Waals surface area contributed by atoms with E-state index in [9.17, 15) is 9.59 Å². The number of para-hydroxylation sites is 1.